The highest BCUT2D eigenvalue weighted by molar-refractivity contribution is 5.93. The molecule has 0 saturated heterocycles. The fourth-order valence-electron chi connectivity index (χ4n) is 1.88. The van der Waals surface area contributed by atoms with Gasteiger partial charge in [-0.3, -0.25) is 9.59 Å². The number of benzene rings is 2. The highest BCUT2D eigenvalue weighted by Crippen LogP contribution is 2.14. The van der Waals surface area contributed by atoms with Crippen LogP contribution in [-0.2, 0) is 16.0 Å². The molecule has 2 aromatic rings. The van der Waals surface area contributed by atoms with Crippen LogP contribution in [-0.4, -0.2) is 11.8 Å². The summed E-state index contributed by atoms with van der Waals surface area (Å²) >= 11 is 0. The lowest BCUT2D eigenvalue weighted by Crippen LogP contribution is -2.14. The Morgan fingerprint density at radius 3 is 2.19 bits per heavy atom. The van der Waals surface area contributed by atoms with Gasteiger partial charge in [0.1, 0.15) is 5.82 Å². The molecule has 2 amide bonds. The van der Waals surface area contributed by atoms with Gasteiger partial charge in [-0.15, -0.1) is 0 Å². The molecule has 2 aromatic carbocycles. The van der Waals surface area contributed by atoms with Gasteiger partial charge in [-0.05, 0) is 42.0 Å². The summed E-state index contributed by atoms with van der Waals surface area (Å²) in [5.41, 5.74) is 1.89. The van der Waals surface area contributed by atoms with Gasteiger partial charge in [-0.25, -0.2) is 4.39 Å². The molecule has 0 spiro atoms. The minimum absolute atomic E-state index is 0.102. The second kappa shape index (κ2) is 6.65. The van der Waals surface area contributed by atoms with Crippen LogP contribution in [0.15, 0.2) is 48.5 Å². The third-order valence-electron chi connectivity index (χ3n) is 2.74. The van der Waals surface area contributed by atoms with Crippen LogP contribution >= 0.6 is 0 Å². The molecule has 0 heterocycles. The maximum absolute atomic E-state index is 13.0. The van der Waals surface area contributed by atoms with Crippen molar-refractivity contribution in [3.63, 3.8) is 0 Å². The molecule has 0 aliphatic heterocycles. The summed E-state index contributed by atoms with van der Waals surface area (Å²) in [4.78, 5) is 22.7. The Labute approximate surface area is 122 Å². The Balaban J connectivity index is 1.95. The summed E-state index contributed by atoms with van der Waals surface area (Å²) in [6, 6.07) is 12.7. The molecule has 0 aliphatic carbocycles. The van der Waals surface area contributed by atoms with Crippen LogP contribution in [0.4, 0.5) is 15.8 Å². The summed E-state index contributed by atoms with van der Waals surface area (Å²) in [7, 11) is 0. The summed E-state index contributed by atoms with van der Waals surface area (Å²) < 4.78 is 13.0. The van der Waals surface area contributed by atoms with Crippen molar-refractivity contribution in [3.8, 4) is 0 Å². The van der Waals surface area contributed by atoms with E-state index in [2.05, 4.69) is 10.6 Å². The van der Waals surface area contributed by atoms with Gasteiger partial charge in [0.15, 0.2) is 0 Å². The quantitative estimate of drug-likeness (QED) is 0.907. The van der Waals surface area contributed by atoms with Crippen molar-refractivity contribution >= 4 is 23.2 Å². The Kier molecular flexibility index (Phi) is 4.66. The first-order chi connectivity index (χ1) is 10.0. The van der Waals surface area contributed by atoms with E-state index in [4.69, 9.17) is 0 Å². The van der Waals surface area contributed by atoms with Crippen molar-refractivity contribution in [1.82, 2.24) is 0 Å². The van der Waals surface area contributed by atoms with E-state index in [0.717, 1.165) is 0 Å². The van der Waals surface area contributed by atoms with Gasteiger partial charge < -0.3 is 10.6 Å². The zero-order valence-corrected chi connectivity index (χ0v) is 11.5. The zero-order valence-electron chi connectivity index (χ0n) is 11.5. The van der Waals surface area contributed by atoms with Gasteiger partial charge in [-0.1, -0.05) is 12.1 Å². The van der Waals surface area contributed by atoms with Gasteiger partial charge >= 0.3 is 0 Å². The summed E-state index contributed by atoms with van der Waals surface area (Å²) in [6.07, 6.45) is 0.102. The van der Waals surface area contributed by atoms with Crippen LogP contribution in [0, 0.1) is 5.82 Å². The van der Waals surface area contributed by atoms with Gasteiger partial charge in [-0.2, -0.15) is 0 Å². The number of anilines is 2. The third-order valence-corrected chi connectivity index (χ3v) is 2.74. The van der Waals surface area contributed by atoms with Gasteiger partial charge in [0.2, 0.25) is 11.8 Å². The number of carbonyl (C=O) groups excluding carboxylic acids is 2. The minimum Gasteiger partial charge on any atom is -0.326 e. The van der Waals surface area contributed by atoms with Crippen LogP contribution in [0.3, 0.4) is 0 Å². The van der Waals surface area contributed by atoms with Crippen molar-refractivity contribution in [2.75, 3.05) is 10.6 Å². The second-order valence-electron chi connectivity index (χ2n) is 4.61. The number of carbonyl (C=O) groups is 2. The number of hydrogen-bond donors (Lipinski definition) is 2. The standard InChI is InChI=1S/C16H15FN2O2/c1-11(20)18-14-5-7-15(8-6-14)19-16(21)10-12-3-2-4-13(17)9-12/h2-9H,10H2,1H3,(H,18,20)(H,19,21). The molecular weight excluding hydrogens is 271 g/mol. The van der Waals surface area contributed by atoms with Crippen LogP contribution < -0.4 is 10.6 Å². The molecule has 0 fully saturated rings. The number of hydrogen-bond acceptors (Lipinski definition) is 2. The van der Waals surface area contributed by atoms with Crippen LogP contribution in [0.5, 0.6) is 0 Å². The van der Waals surface area contributed by atoms with E-state index in [0.29, 0.717) is 16.9 Å². The molecule has 5 heteroatoms. The maximum Gasteiger partial charge on any atom is 0.228 e. The van der Waals surface area contributed by atoms with E-state index in [9.17, 15) is 14.0 Å². The van der Waals surface area contributed by atoms with E-state index >= 15 is 0 Å². The Morgan fingerprint density at radius 1 is 1.00 bits per heavy atom. The second-order valence-corrected chi connectivity index (χ2v) is 4.61. The summed E-state index contributed by atoms with van der Waals surface area (Å²) in [5.74, 6) is -0.745. The van der Waals surface area contributed by atoms with Crippen molar-refractivity contribution in [1.29, 1.82) is 0 Å². The van der Waals surface area contributed by atoms with Gasteiger partial charge in [0, 0.05) is 18.3 Å². The zero-order chi connectivity index (χ0) is 15.2. The topological polar surface area (TPSA) is 58.2 Å². The highest BCUT2D eigenvalue weighted by atomic mass is 19.1. The summed E-state index contributed by atoms with van der Waals surface area (Å²) in [6.45, 7) is 1.43. The van der Waals surface area contributed by atoms with Crippen LogP contribution in [0.1, 0.15) is 12.5 Å². The van der Waals surface area contributed by atoms with Crippen LogP contribution in [0.2, 0.25) is 0 Å². The molecule has 0 unspecified atom stereocenters. The van der Waals surface area contributed by atoms with Crippen molar-refractivity contribution < 1.29 is 14.0 Å². The predicted octanol–water partition coefficient (Wildman–Crippen LogP) is 2.97. The Morgan fingerprint density at radius 2 is 1.62 bits per heavy atom. The summed E-state index contributed by atoms with van der Waals surface area (Å²) in [5, 5.41) is 5.35. The first-order valence-corrected chi connectivity index (χ1v) is 6.45. The van der Waals surface area contributed by atoms with Crippen molar-refractivity contribution in [3.05, 3.63) is 59.9 Å². The number of nitrogens with one attached hydrogen (secondary N) is 2. The molecule has 108 valence electrons. The van der Waals surface area contributed by atoms with Crippen LogP contribution in [0.25, 0.3) is 0 Å². The molecule has 0 radical (unpaired) electrons. The third kappa shape index (κ3) is 4.72. The van der Waals surface area contributed by atoms with E-state index < -0.39 is 0 Å². The average Bonchev–Trinajstić information content (AvgIpc) is 2.40. The van der Waals surface area contributed by atoms with Gasteiger partial charge in [0.25, 0.3) is 0 Å². The Bertz CT molecular complexity index is 654. The lowest BCUT2D eigenvalue weighted by molar-refractivity contribution is -0.116. The molecule has 0 aromatic heterocycles. The smallest absolute Gasteiger partial charge is 0.228 e. The molecule has 0 atom stereocenters. The predicted molar refractivity (Wildman–Crippen MR) is 79.5 cm³/mol. The minimum atomic E-state index is -0.361. The van der Waals surface area contributed by atoms with Crippen molar-refractivity contribution in [2.45, 2.75) is 13.3 Å². The molecule has 0 aliphatic rings. The monoisotopic (exact) mass is 286 g/mol. The van der Waals surface area contributed by atoms with Crippen molar-refractivity contribution in [2.24, 2.45) is 0 Å². The number of halogens is 1. The molecule has 4 nitrogen and oxygen atoms in total. The number of rotatable bonds is 4. The molecule has 0 saturated carbocycles. The van der Waals surface area contributed by atoms with E-state index in [1.165, 1.54) is 19.1 Å². The molecule has 0 bridgehead atoms. The first kappa shape index (κ1) is 14.7. The Hall–Kier alpha value is -2.69. The van der Waals surface area contributed by atoms with E-state index in [-0.39, 0.29) is 24.1 Å². The molecule has 2 N–H and O–H groups in total. The molecule has 21 heavy (non-hydrogen) atoms. The lowest BCUT2D eigenvalue weighted by Gasteiger charge is -2.07. The highest BCUT2D eigenvalue weighted by Gasteiger charge is 2.05. The normalized spacial score (nSPS) is 10.0. The maximum atomic E-state index is 13.0. The van der Waals surface area contributed by atoms with E-state index in [1.54, 1.807) is 36.4 Å². The lowest BCUT2D eigenvalue weighted by atomic mass is 10.1. The number of amides is 2. The molecule has 2 rings (SSSR count). The average molecular weight is 286 g/mol. The fraction of sp³-hybridized carbons (Fsp3) is 0.125. The fourth-order valence-corrected chi connectivity index (χ4v) is 1.88. The van der Waals surface area contributed by atoms with E-state index in [1.807, 2.05) is 0 Å². The molecular formula is C16H15FN2O2. The SMILES string of the molecule is CC(=O)Nc1ccc(NC(=O)Cc2cccc(F)c2)cc1. The van der Waals surface area contributed by atoms with Gasteiger partial charge in [0.05, 0.1) is 6.42 Å². The largest absolute Gasteiger partial charge is 0.326 e. The first-order valence-electron chi connectivity index (χ1n) is 6.45.